The van der Waals surface area contributed by atoms with Crippen LogP contribution in [0.5, 0.6) is 0 Å². The number of hydrogen-bond donors (Lipinski definition) is 1. The maximum atomic E-state index is 12.3. The zero-order valence-corrected chi connectivity index (χ0v) is 14.3. The molecule has 0 unspecified atom stereocenters. The molecule has 1 amide bonds. The Kier molecular flexibility index (Phi) is 4.85. The Balaban J connectivity index is 2.07. The zero-order valence-electron chi connectivity index (χ0n) is 12.2. The minimum absolute atomic E-state index is 0.0506. The summed E-state index contributed by atoms with van der Waals surface area (Å²) in [4.78, 5) is 22.7. The quantitative estimate of drug-likeness (QED) is 0.474. The monoisotopic (exact) mass is 402 g/mol. The molecule has 0 saturated heterocycles. The van der Waals surface area contributed by atoms with Gasteiger partial charge in [-0.2, -0.15) is 0 Å². The predicted octanol–water partition coefficient (Wildman–Crippen LogP) is 3.90. The van der Waals surface area contributed by atoms with Gasteiger partial charge in [0.15, 0.2) is 0 Å². The maximum absolute atomic E-state index is 12.3. The second kappa shape index (κ2) is 6.29. The third-order valence-corrected chi connectivity index (χ3v) is 5.02. The van der Waals surface area contributed by atoms with Gasteiger partial charge in [0.05, 0.1) is 10.5 Å². The van der Waals surface area contributed by atoms with Crippen molar-refractivity contribution in [1.29, 1.82) is 0 Å². The van der Waals surface area contributed by atoms with Crippen molar-refractivity contribution in [2.24, 2.45) is 5.41 Å². The topological polar surface area (TPSA) is 72.2 Å². The minimum Gasteiger partial charge on any atom is -0.349 e. The van der Waals surface area contributed by atoms with E-state index in [0.29, 0.717) is 11.0 Å². The van der Waals surface area contributed by atoms with Crippen LogP contribution in [-0.4, -0.2) is 16.9 Å². The fourth-order valence-corrected chi connectivity index (χ4v) is 3.19. The van der Waals surface area contributed by atoms with Crippen molar-refractivity contribution in [3.63, 3.8) is 0 Å². The molecule has 0 heterocycles. The van der Waals surface area contributed by atoms with Gasteiger partial charge in [-0.25, -0.2) is 0 Å². The zero-order chi connectivity index (χ0) is 15.6. The molecule has 114 valence electrons. The summed E-state index contributed by atoms with van der Waals surface area (Å²) in [6.07, 6.45) is 4.10. The highest BCUT2D eigenvalue weighted by Crippen LogP contribution is 2.35. The van der Waals surface area contributed by atoms with Gasteiger partial charge in [0.25, 0.3) is 11.6 Å². The van der Waals surface area contributed by atoms with E-state index in [1.54, 1.807) is 6.07 Å². The van der Waals surface area contributed by atoms with Crippen LogP contribution < -0.4 is 5.32 Å². The van der Waals surface area contributed by atoms with Crippen molar-refractivity contribution in [1.82, 2.24) is 5.32 Å². The van der Waals surface area contributed by atoms with Gasteiger partial charge in [0.2, 0.25) is 0 Å². The molecule has 1 aromatic rings. The highest BCUT2D eigenvalue weighted by molar-refractivity contribution is 14.1. The fraction of sp³-hybridized carbons (Fsp3) is 0.533. The minimum atomic E-state index is -0.476. The number of benzene rings is 1. The van der Waals surface area contributed by atoms with Crippen molar-refractivity contribution in [3.05, 3.63) is 37.4 Å². The van der Waals surface area contributed by atoms with E-state index in [-0.39, 0.29) is 17.6 Å². The van der Waals surface area contributed by atoms with Crippen LogP contribution in [0.1, 0.15) is 49.9 Å². The molecule has 1 aliphatic carbocycles. The molecule has 2 rings (SSSR count). The van der Waals surface area contributed by atoms with Crippen LogP contribution in [0.4, 0.5) is 5.69 Å². The molecule has 0 aliphatic heterocycles. The second-order valence-electron chi connectivity index (χ2n) is 6.33. The van der Waals surface area contributed by atoms with Crippen LogP contribution in [0, 0.1) is 19.1 Å². The summed E-state index contributed by atoms with van der Waals surface area (Å²) < 4.78 is 0.729. The molecule has 5 nitrogen and oxygen atoms in total. The van der Waals surface area contributed by atoms with Gasteiger partial charge in [-0.1, -0.05) is 13.8 Å². The van der Waals surface area contributed by atoms with E-state index in [9.17, 15) is 14.9 Å². The molecule has 0 radical (unpaired) electrons. The third-order valence-electron chi connectivity index (χ3n) is 4.08. The Morgan fingerprint density at radius 3 is 2.57 bits per heavy atom. The summed E-state index contributed by atoms with van der Waals surface area (Å²) >= 11 is 2.03. The summed E-state index contributed by atoms with van der Waals surface area (Å²) in [6.45, 7) is 4.49. The Bertz CT molecular complexity index is 562. The van der Waals surface area contributed by atoms with Crippen LogP contribution in [0.3, 0.4) is 0 Å². The molecule has 1 aliphatic rings. The number of non-ortho nitro benzene ring substituents is 1. The largest absolute Gasteiger partial charge is 0.349 e. The molecular weight excluding hydrogens is 383 g/mol. The summed E-state index contributed by atoms with van der Waals surface area (Å²) in [7, 11) is 0. The van der Waals surface area contributed by atoms with E-state index in [2.05, 4.69) is 19.2 Å². The number of amides is 1. The van der Waals surface area contributed by atoms with E-state index >= 15 is 0 Å². The van der Waals surface area contributed by atoms with Crippen molar-refractivity contribution in [2.45, 2.75) is 45.6 Å². The van der Waals surface area contributed by atoms with Gasteiger partial charge in [-0.15, -0.1) is 0 Å². The van der Waals surface area contributed by atoms with Crippen LogP contribution in [0.15, 0.2) is 18.2 Å². The number of nitro benzene ring substituents is 1. The number of nitrogens with one attached hydrogen (secondary N) is 1. The van der Waals surface area contributed by atoms with E-state index in [0.717, 1.165) is 29.3 Å². The van der Waals surface area contributed by atoms with Gasteiger partial charge in [-0.3, -0.25) is 14.9 Å². The first-order valence-corrected chi connectivity index (χ1v) is 8.11. The molecule has 1 aromatic carbocycles. The average Bonchev–Trinajstić information content (AvgIpc) is 2.41. The summed E-state index contributed by atoms with van der Waals surface area (Å²) in [5.74, 6) is -0.215. The Hall–Kier alpha value is -1.18. The van der Waals surface area contributed by atoms with E-state index in [4.69, 9.17) is 0 Å². The normalized spacial score (nSPS) is 18.2. The van der Waals surface area contributed by atoms with Gasteiger partial charge in [0.1, 0.15) is 0 Å². The third kappa shape index (κ3) is 4.15. The van der Waals surface area contributed by atoms with Crippen LogP contribution in [0.2, 0.25) is 0 Å². The number of hydrogen-bond acceptors (Lipinski definition) is 3. The summed E-state index contributed by atoms with van der Waals surface area (Å²) in [6, 6.07) is 4.55. The predicted molar refractivity (Wildman–Crippen MR) is 89.3 cm³/mol. The summed E-state index contributed by atoms with van der Waals surface area (Å²) in [5, 5.41) is 13.8. The molecule has 1 N–H and O–H groups in total. The number of carbonyl (C=O) groups excluding carboxylic acids is 1. The van der Waals surface area contributed by atoms with Crippen LogP contribution >= 0.6 is 22.6 Å². The Morgan fingerprint density at radius 1 is 1.38 bits per heavy atom. The van der Waals surface area contributed by atoms with Gasteiger partial charge >= 0.3 is 0 Å². The van der Waals surface area contributed by atoms with Gasteiger partial charge in [0, 0.05) is 21.7 Å². The number of nitro groups is 1. The lowest BCUT2D eigenvalue weighted by atomic mass is 9.75. The molecule has 0 bridgehead atoms. The van der Waals surface area contributed by atoms with Gasteiger partial charge in [-0.05, 0) is 59.8 Å². The number of rotatable bonds is 3. The van der Waals surface area contributed by atoms with E-state index in [1.165, 1.54) is 12.1 Å². The molecule has 6 heteroatoms. The van der Waals surface area contributed by atoms with Gasteiger partial charge < -0.3 is 5.32 Å². The molecule has 1 fully saturated rings. The Morgan fingerprint density at radius 2 is 2.00 bits per heavy atom. The lowest BCUT2D eigenvalue weighted by Crippen LogP contribution is -2.39. The number of halogens is 1. The molecule has 0 spiro atoms. The number of nitrogens with zero attached hydrogens (tertiary/aromatic N) is 1. The molecule has 21 heavy (non-hydrogen) atoms. The highest BCUT2D eigenvalue weighted by atomic mass is 127. The molecule has 0 aromatic heterocycles. The molecule has 1 saturated carbocycles. The first-order valence-electron chi connectivity index (χ1n) is 7.03. The fourth-order valence-electron chi connectivity index (χ4n) is 2.61. The van der Waals surface area contributed by atoms with Crippen molar-refractivity contribution in [2.75, 3.05) is 0 Å². The molecular formula is C15H19IN2O3. The summed E-state index contributed by atoms with van der Waals surface area (Å²) in [5.41, 5.74) is 0.682. The van der Waals surface area contributed by atoms with Crippen molar-refractivity contribution < 1.29 is 9.72 Å². The maximum Gasteiger partial charge on any atom is 0.270 e. The number of carbonyl (C=O) groups is 1. The Labute approximate surface area is 137 Å². The first-order chi connectivity index (χ1) is 9.78. The lowest BCUT2D eigenvalue weighted by Gasteiger charge is -2.34. The van der Waals surface area contributed by atoms with Crippen molar-refractivity contribution in [3.8, 4) is 0 Å². The molecule has 0 atom stereocenters. The van der Waals surface area contributed by atoms with Crippen LogP contribution in [-0.2, 0) is 0 Å². The van der Waals surface area contributed by atoms with E-state index < -0.39 is 4.92 Å². The smallest absolute Gasteiger partial charge is 0.270 e. The van der Waals surface area contributed by atoms with E-state index in [1.807, 2.05) is 22.6 Å². The van der Waals surface area contributed by atoms with Crippen molar-refractivity contribution >= 4 is 34.2 Å². The average molecular weight is 402 g/mol. The first kappa shape index (κ1) is 16.2. The lowest BCUT2D eigenvalue weighted by molar-refractivity contribution is -0.384. The highest BCUT2D eigenvalue weighted by Gasteiger charge is 2.28. The SMILES string of the molecule is CC1(C)CCC(NC(=O)c2cc([N+](=O)[O-])ccc2I)CC1. The standard InChI is InChI=1S/C15H19IN2O3/c1-15(2)7-5-10(6-8-15)17-14(19)12-9-11(18(20)21)3-4-13(12)16/h3-4,9-10H,5-8H2,1-2H3,(H,17,19). The van der Waals surface area contributed by atoms with Crippen LogP contribution in [0.25, 0.3) is 0 Å². The second-order valence-corrected chi connectivity index (χ2v) is 7.50.